The molecule has 0 aliphatic carbocycles. The minimum atomic E-state index is -1.45. The number of aliphatic carboxylic acids is 3. The second kappa shape index (κ2) is 35.2. The standard InChI is InChI=1S/C44H78O9/c1-3-5-7-9-11-13-15-17-19-21-23-25-27-29-40(46)38(43(50)51)32-31-37(42(48)49)36(33-34-45)35-39(44(52)53)41(47)30-28-26-24-22-20-18-16-14-12-10-8-6-4-2/h38-39,45H,3-35H2,1-2H3,(H,48,49)(H,50,51)(H,52,53). The first-order chi connectivity index (χ1) is 25.6. The molecular formula is C44H78O9. The Morgan fingerprint density at radius 2 is 0.736 bits per heavy atom. The van der Waals surface area contributed by atoms with Crippen LogP contribution >= 0.6 is 0 Å². The summed E-state index contributed by atoms with van der Waals surface area (Å²) in [6.07, 6.45) is 29.0. The van der Waals surface area contributed by atoms with Crippen molar-refractivity contribution < 1.29 is 44.4 Å². The molecule has 0 aromatic carbocycles. The van der Waals surface area contributed by atoms with E-state index >= 15 is 0 Å². The molecule has 0 aliphatic heterocycles. The molecule has 0 aromatic heterocycles. The van der Waals surface area contributed by atoms with Crippen molar-refractivity contribution >= 4 is 29.5 Å². The van der Waals surface area contributed by atoms with Crippen LogP contribution in [0.2, 0.25) is 0 Å². The van der Waals surface area contributed by atoms with E-state index in [0.717, 1.165) is 51.4 Å². The van der Waals surface area contributed by atoms with Crippen LogP contribution in [-0.4, -0.2) is 56.5 Å². The number of hydrogen-bond acceptors (Lipinski definition) is 6. The molecule has 0 fully saturated rings. The first-order valence-corrected chi connectivity index (χ1v) is 21.7. The Bertz CT molecular complexity index is 1020. The number of carbonyl (C=O) groups is 5. The Morgan fingerprint density at radius 3 is 1.04 bits per heavy atom. The molecule has 9 heteroatoms. The Morgan fingerprint density at radius 1 is 0.415 bits per heavy atom. The van der Waals surface area contributed by atoms with Crippen LogP contribution in [0, 0.1) is 11.8 Å². The van der Waals surface area contributed by atoms with Gasteiger partial charge in [0.15, 0.2) is 0 Å². The van der Waals surface area contributed by atoms with Gasteiger partial charge in [0, 0.05) is 25.0 Å². The smallest absolute Gasteiger partial charge is 0.331 e. The van der Waals surface area contributed by atoms with E-state index in [2.05, 4.69) is 13.8 Å². The molecular weight excluding hydrogens is 672 g/mol. The van der Waals surface area contributed by atoms with Crippen molar-refractivity contribution in [2.75, 3.05) is 6.61 Å². The minimum Gasteiger partial charge on any atom is -0.481 e. The van der Waals surface area contributed by atoms with Gasteiger partial charge in [-0.1, -0.05) is 174 Å². The van der Waals surface area contributed by atoms with Crippen LogP contribution in [0.4, 0.5) is 0 Å². The SMILES string of the molecule is CCCCCCCCCCCCCCCC(=O)C(CCC(C(=O)O)=C(CCO)CC(C(=O)O)C(=O)CCCCCCCCCCCCCCC)C(=O)O. The summed E-state index contributed by atoms with van der Waals surface area (Å²) < 4.78 is 0. The second-order valence-corrected chi connectivity index (χ2v) is 15.3. The lowest BCUT2D eigenvalue weighted by atomic mass is 9.86. The van der Waals surface area contributed by atoms with Gasteiger partial charge in [-0.25, -0.2) is 4.79 Å². The number of hydrogen-bond donors (Lipinski definition) is 4. The monoisotopic (exact) mass is 751 g/mol. The summed E-state index contributed by atoms with van der Waals surface area (Å²) in [7, 11) is 0. The first kappa shape index (κ1) is 50.5. The fraction of sp³-hybridized carbons (Fsp3) is 0.841. The van der Waals surface area contributed by atoms with Gasteiger partial charge >= 0.3 is 17.9 Å². The Hall–Kier alpha value is -2.55. The number of ketones is 2. The third-order valence-corrected chi connectivity index (χ3v) is 10.7. The predicted octanol–water partition coefficient (Wildman–Crippen LogP) is 11.4. The van der Waals surface area contributed by atoms with Crippen LogP contribution in [0.25, 0.3) is 0 Å². The summed E-state index contributed by atoms with van der Waals surface area (Å²) in [6.45, 7) is 3.99. The fourth-order valence-electron chi connectivity index (χ4n) is 7.22. The lowest BCUT2D eigenvalue weighted by Gasteiger charge is -2.18. The van der Waals surface area contributed by atoms with Gasteiger partial charge in [0.2, 0.25) is 0 Å². The number of carbonyl (C=O) groups excluding carboxylic acids is 2. The first-order valence-electron chi connectivity index (χ1n) is 21.7. The molecule has 0 saturated carbocycles. The van der Waals surface area contributed by atoms with E-state index in [1.165, 1.54) is 103 Å². The summed E-state index contributed by atoms with van der Waals surface area (Å²) in [5, 5.41) is 39.4. The number of Topliss-reactive ketones (excluding diaryl/α,β-unsaturated/α-hetero) is 2. The highest BCUT2D eigenvalue weighted by atomic mass is 16.4. The van der Waals surface area contributed by atoms with Gasteiger partial charge in [0.25, 0.3) is 0 Å². The predicted molar refractivity (Wildman–Crippen MR) is 213 cm³/mol. The molecule has 53 heavy (non-hydrogen) atoms. The zero-order chi connectivity index (χ0) is 39.5. The van der Waals surface area contributed by atoms with Crippen molar-refractivity contribution in [3.05, 3.63) is 11.1 Å². The number of unbranched alkanes of at least 4 members (excludes halogenated alkanes) is 24. The maximum atomic E-state index is 13.0. The normalized spacial score (nSPS) is 13.0. The third kappa shape index (κ3) is 27.7. The lowest BCUT2D eigenvalue weighted by molar-refractivity contribution is -0.148. The third-order valence-electron chi connectivity index (χ3n) is 10.7. The Balaban J connectivity index is 4.83. The van der Waals surface area contributed by atoms with E-state index in [1.54, 1.807) is 0 Å². The van der Waals surface area contributed by atoms with E-state index in [0.29, 0.717) is 12.8 Å². The van der Waals surface area contributed by atoms with E-state index in [9.17, 15) is 44.4 Å². The van der Waals surface area contributed by atoms with Crippen molar-refractivity contribution in [2.45, 2.75) is 219 Å². The quantitative estimate of drug-likeness (QED) is 0.0271. The molecule has 0 rings (SSSR count). The largest absolute Gasteiger partial charge is 0.481 e. The zero-order valence-electron chi connectivity index (χ0n) is 33.8. The van der Waals surface area contributed by atoms with Crippen molar-refractivity contribution in [1.29, 1.82) is 0 Å². The van der Waals surface area contributed by atoms with E-state index in [1.807, 2.05) is 0 Å². The number of aliphatic hydroxyl groups is 1. The molecule has 0 bridgehead atoms. The molecule has 0 heterocycles. The number of carboxylic acids is 3. The number of aliphatic hydroxyl groups excluding tert-OH is 1. The summed E-state index contributed by atoms with van der Waals surface area (Å²) in [6, 6.07) is 0. The van der Waals surface area contributed by atoms with E-state index < -0.39 is 47.9 Å². The van der Waals surface area contributed by atoms with Gasteiger partial charge in [0.05, 0.1) is 0 Å². The number of carboxylic acid groups (broad SMARTS) is 3. The molecule has 9 nitrogen and oxygen atoms in total. The van der Waals surface area contributed by atoms with Crippen LogP contribution in [0.1, 0.15) is 219 Å². The van der Waals surface area contributed by atoms with Crippen LogP contribution in [-0.2, 0) is 24.0 Å². The molecule has 0 amide bonds. The Labute approximate surface area is 322 Å². The second-order valence-electron chi connectivity index (χ2n) is 15.3. The van der Waals surface area contributed by atoms with Crippen LogP contribution in [0.15, 0.2) is 11.1 Å². The fourth-order valence-corrected chi connectivity index (χ4v) is 7.22. The molecule has 0 saturated heterocycles. The summed E-state index contributed by atoms with van der Waals surface area (Å²) in [5.74, 6) is -7.76. The van der Waals surface area contributed by atoms with Gasteiger partial charge in [-0.05, 0) is 38.5 Å². The highest BCUT2D eigenvalue weighted by Crippen LogP contribution is 2.27. The van der Waals surface area contributed by atoms with Gasteiger partial charge < -0.3 is 20.4 Å². The minimum absolute atomic E-state index is 0.0817. The number of rotatable bonds is 40. The molecule has 0 aliphatic rings. The van der Waals surface area contributed by atoms with Crippen molar-refractivity contribution in [3.8, 4) is 0 Å². The van der Waals surface area contributed by atoms with Gasteiger partial charge in [0.1, 0.15) is 23.4 Å². The highest BCUT2D eigenvalue weighted by molar-refractivity contribution is 5.99. The maximum Gasteiger partial charge on any atom is 0.331 e. The van der Waals surface area contributed by atoms with Crippen LogP contribution < -0.4 is 0 Å². The van der Waals surface area contributed by atoms with Gasteiger partial charge in [-0.15, -0.1) is 0 Å². The van der Waals surface area contributed by atoms with Crippen molar-refractivity contribution in [3.63, 3.8) is 0 Å². The van der Waals surface area contributed by atoms with Crippen molar-refractivity contribution in [1.82, 2.24) is 0 Å². The van der Waals surface area contributed by atoms with E-state index in [-0.39, 0.29) is 49.7 Å². The molecule has 0 aromatic rings. The summed E-state index contributed by atoms with van der Waals surface area (Å²) in [5.41, 5.74) is -0.113. The zero-order valence-corrected chi connectivity index (χ0v) is 33.8. The molecule has 2 unspecified atom stereocenters. The van der Waals surface area contributed by atoms with E-state index in [4.69, 9.17) is 0 Å². The van der Waals surface area contributed by atoms with Crippen LogP contribution in [0.5, 0.6) is 0 Å². The molecule has 4 N–H and O–H groups in total. The molecule has 0 spiro atoms. The molecule has 0 radical (unpaired) electrons. The lowest BCUT2D eigenvalue weighted by Crippen LogP contribution is -2.26. The van der Waals surface area contributed by atoms with Crippen molar-refractivity contribution in [2.24, 2.45) is 11.8 Å². The summed E-state index contributed by atoms with van der Waals surface area (Å²) >= 11 is 0. The van der Waals surface area contributed by atoms with Gasteiger partial charge in [-0.3, -0.25) is 19.2 Å². The highest BCUT2D eigenvalue weighted by Gasteiger charge is 2.31. The average Bonchev–Trinajstić information content (AvgIpc) is 3.12. The maximum absolute atomic E-state index is 13.0. The van der Waals surface area contributed by atoms with Gasteiger partial charge in [-0.2, -0.15) is 0 Å². The average molecular weight is 751 g/mol. The Kier molecular flexibility index (Phi) is 33.5. The molecule has 308 valence electrons. The molecule has 2 atom stereocenters. The van der Waals surface area contributed by atoms with Crippen LogP contribution in [0.3, 0.4) is 0 Å². The summed E-state index contributed by atoms with van der Waals surface area (Å²) in [4.78, 5) is 62.3. The topological polar surface area (TPSA) is 166 Å².